The third-order valence-electron chi connectivity index (χ3n) is 3.74. The molecule has 0 saturated heterocycles. The number of hydrogen-bond donors (Lipinski definition) is 2. The van der Waals surface area contributed by atoms with E-state index < -0.39 is 10.0 Å². The number of sulfonamides is 1. The average molecular weight is 392 g/mol. The summed E-state index contributed by atoms with van der Waals surface area (Å²) in [4.78, 5) is 15.6. The smallest absolute Gasteiger partial charge is 0.251 e. The van der Waals surface area contributed by atoms with Crippen molar-refractivity contribution < 1.29 is 13.2 Å². The van der Waals surface area contributed by atoms with Crippen molar-refractivity contribution >= 4 is 27.3 Å². The molecule has 1 heterocycles. The SMILES string of the molecule is C#CCNS(=O)(=O)c1ccc(C(=O)NCC(c2cccs2)N(C)C)cc1. The number of rotatable bonds is 8. The van der Waals surface area contributed by atoms with Crippen LogP contribution in [0, 0.1) is 12.3 Å². The Labute approximate surface area is 158 Å². The zero-order valence-corrected chi connectivity index (χ0v) is 16.2. The molecule has 0 aliphatic rings. The summed E-state index contributed by atoms with van der Waals surface area (Å²) in [7, 11) is 0.255. The van der Waals surface area contributed by atoms with Gasteiger partial charge in [-0.15, -0.1) is 17.8 Å². The summed E-state index contributed by atoms with van der Waals surface area (Å²) < 4.78 is 26.2. The molecular weight excluding hydrogens is 370 g/mol. The lowest BCUT2D eigenvalue weighted by Gasteiger charge is -2.23. The molecule has 8 heteroatoms. The van der Waals surface area contributed by atoms with Crippen LogP contribution in [0.15, 0.2) is 46.7 Å². The van der Waals surface area contributed by atoms with Crippen molar-refractivity contribution in [1.29, 1.82) is 0 Å². The number of hydrogen-bond acceptors (Lipinski definition) is 5. The van der Waals surface area contributed by atoms with Crippen LogP contribution in [0.1, 0.15) is 21.3 Å². The standard InChI is InChI=1S/C18H21N3O3S2/c1-4-11-20-26(23,24)15-9-7-14(8-10-15)18(22)19-13-16(21(2)3)17-6-5-12-25-17/h1,5-10,12,16,20H,11,13H2,2-3H3,(H,19,22). The Morgan fingerprint density at radius 2 is 1.96 bits per heavy atom. The summed E-state index contributed by atoms with van der Waals surface area (Å²) in [6.45, 7) is 0.370. The highest BCUT2D eigenvalue weighted by atomic mass is 32.2. The van der Waals surface area contributed by atoms with Gasteiger partial charge in [-0.25, -0.2) is 8.42 Å². The van der Waals surface area contributed by atoms with Crippen molar-refractivity contribution in [2.75, 3.05) is 27.2 Å². The zero-order valence-electron chi connectivity index (χ0n) is 14.6. The third kappa shape index (κ3) is 5.16. The van der Waals surface area contributed by atoms with E-state index in [1.807, 2.05) is 36.5 Å². The molecule has 1 amide bonds. The van der Waals surface area contributed by atoms with E-state index >= 15 is 0 Å². The highest BCUT2D eigenvalue weighted by Crippen LogP contribution is 2.22. The Bertz CT molecular complexity index is 867. The fourth-order valence-corrected chi connectivity index (χ4v) is 4.17. The van der Waals surface area contributed by atoms with Crippen LogP contribution < -0.4 is 10.0 Å². The predicted octanol–water partition coefficient (Wildman–Crippen LogP) is 1.69. The number of carbonyl (C=O) groups is 1. The first-order valence-corrected chi connectivity index (χ1v) is 10.2. The molecule has 138 valence electrons. The number of nitrogens with one attached hydrogen (secondary N) is 2. The topological polar surface area (TPSA) is 78.5 Å². The zero-order chi connectivity index (χ0) is 19.2. The molecular formula is C18H21N3O3S2. The maximum absolute atomic E-state index is 12.4. The molecule has 0 fully saturated rings. The summed E-state index contributed by atoms with van der Waals surface area (Å²) in [6, 6.07) is 9.82. The fourth-order valence-electron chi connectivity index (χ4n) is 2.32. The minimum absolute atomic E-state index is 0.0639. The maximum atomic E-state index is 12.4. The molecule has 0 saturated carbocycles. The van der Waals surface area contributed by atoms with E-state index in [1.165, 1.54) is 24.3 Å². The van der Waals surface area contributed by atoms with Gasteiger partial charge in [0.15, 0.2) is 0 Å². The Morgan fingerprint density at radius 3 is 2.50 bits per heavy atom. The van der Waals surface area contributed by atoms with Gasteiger partial charge in [0.05, 0.1) is 17.5 Å². The van der Waals surface area contributed by atoms with Crippen molar-refractivity contribution in [3.05, 3.63) is 52.2 Å². The van der Waals surface area contributed by atoms with Gasteiger partial charge in [-0.05, 0) is 49.8 Å². The number of amides is 1. The summed E-state index contributed by atoms with van der Waals surface area (Å²) in [5.41, 5.74) is 0.393. The van der Waals surface area contributed by atoms with Gasteiger partial charge in [0.1, 0.15) is 0 Å². The lowest BCUT2D eigenvalue weighted by molar-refractivity contribution is 0.0942. The van der Waals surface area contributed by atoms with Crippen LogP contribution in [0.5, 0.6) is 0 Å². The molecule has 1 atom stereocenters. The lowest BCUT2D eigenvalue weighted by Crippen LogP contribution is -2.34. The van der Waals surface area contributed by atoms with Gasteiger partial charge in [0.2, 0.25) is 10.0 Å². The Hall–Kier alpha value is -2.18. The molecule has 1 aromatic carbocycles. The molecule has 26 heavy (non-hydrogen) atoms. The first-order chi connectivity index (χ1) is 12.3. The first kappa shape index (κ1) is 20.1. The van der Waals surface area contributed by atoms with Gasteiger partial charge in [0, 0.05) is 17.0 Å². The molecule has 1 unspecified atom stereocenters. The van der Waals surface area contributed by atoms with E-state index in [2.05, 4.69) is 16.0 Å². The Kier molecular flexibility index (Phi) is 6.94. The Morgan fingerprint density at radius 1 is 1.27 bits per heavy atom. The quantitative estimate of drug-likeness (QED) is 0.672. The number of carbonyl (C=O) groups excluding carboxylic acids is 1. The number of nitrogens with zero attached hydrogens (tertiary/aromatic N) is 1. The van der Waals surface area contributed by atoms with Crippen molar-refractivity contribution in [2.24, 2.45) is 0 Å². The number of likely N-dealkylation sites (N-methyl/N-ethyl adjacent to an activating group) is 1. The number of thiophene rings is 1. The lowest BCUT2D eigenvalue weighted by atomic mass is 10.2. The monoisotopic (exact) mass is 391 g/mol. The summed E-state index contributed by atoms with van der Waals surface area (Å²) in [5, 5.41) is 4.90. The molecule has 0 bridgehead atoms. The Balaban J connectivity index is 2.03. The van der Waals surface area contributed by atoms with Crippen LogP contribution in [0.3, 0.4) is 0 Å². The highest BCUT2D eigenvalue weighted by molar-refractivity contribution is 7.89. The molecule has 0 spiro atoms. The van der Waals surface area contributed by atoms with Gasteiger partial charge in [-0.1, -0.05) is 12.0 Å². The van der Waals surface area contributed by atoms with Crippen molar-refractivity contribution in [3.8, 4) is 12.3 Å². The normalized spacial score (nSPS) is 12.5. The highest BCUT2D eigenvalue weighted by Gasteiger charge is 2.18. The maximum Gasteiger partial charge on any atom is 0.251 e. The minimum Gasteiger partial charge on any atom is -0.350 e. The van der Waals surface area contributed by atoms with Crippen LogP contribution in [0.4, 0.5) is 0 Å². The molecule has 6 nitrogen and oxygen atoms in total. The molecule has 0 aliphatic carbocycles. The summed E-state index contributed by atoms with van der Waals surface area (Å²) in [5.74, 6) is 1.96. The van der Waals surface area contributed by atoms with Gasteiger partial charge in [-0.2, -0.15) is 4.72 Å². The molecule has 2 aromatic rings. The van der Waals surface area contributed by atoms with E-state index in [9.17, 15) is 13.2 Å². The van der Waals surface area contributed by atoms with Crippen LogP contribution in [0.25, 0.3) is 0 Å². The van der Waals surface area contributed by atoms with E-state index in [-0.39, 0.29) is 23.4 Å². The molecule has 0 aliphatic heterocycles. The average Bonchev–Trinajstić information content (AvgIpc) is 3.14. The van der Waals surface area contributed by atoms with Crippen LogP contribution in [0.2, 0.25) is 0 Å². The van der Waals surface area contributed by atoms with Gasteiger partial charge >= 0.3 is 0 Å². The minimum atomic E-state index is -3.66. The summed E-state index contributed by atoms with van der Waals surface area (Å²) >= 11 is 1.64. The van der Waals surface area contributed by atoms with E-state index in [0.717, 1.165) is 4.88 Å². The van der Waals surface area contributed by atoms with Crippen molar-refractivity contribution in [2.45, 2.75) is 10.9 Å². The number of terminal acetylenes is 1. The van der Waals surface area contributed by atoms with Gasteiger partial charge in [0.25, 0.3) is 5.91 Å². The molecule has 2 rings (SSSR count). The van der Waals surface area contributed by atoms with Crippen LogP contribution in [-0.4, -0.2) is 46.4 Å². The predicted molar refractivity (Wildman–Crippen MR) is 104 cm³/mol. The van der Waals surface area contributed by atoms with Gasteiger partial charge < -0.3 is 10.2 Å². The third-order valence-corrected chi connectivity index (χ3v) is 6.13. The van der Waals surface area contributed by atoms with Crippen molar-refractivity contribution in [1.82, 2.24) is 14.9 Å². The first-order valence-electron chi connectivity index (χ1n) is 7.86. The second-order valence-corrected chi connectivity index (χ2v) is 8.50. The van der Waals surface area contributed by atoms with Crippen LogP contribution >= 0.6 is 11.3 Å². The number of benzene rings is 1. The van der Waals surface area contributed by atoms with E-state index in [1.54, 1.807) is 11.3 Å². The van der Waals surface area contributed by atoms with Gasteiger partial charge in [-0.3, -0.25) is 4.79 Å². The second kappa shape index (κ2) is 8.96. The largest absolute Gasteiger partial charge is 0.350 e. The fraction of sp³-hybridized carbons (Fsp3) is 0.278. The molecule has 2 N–H and O–H groups in total. The molecule has 1 aromatic heterocycles. The van der Waals surface area contributed by atoms with Crippen LogP contribution in [-0.2, 0) is 10.0 Å². The summed E-state index contributed by atoms with van der Waals surface area (Å²) in [6.07, 6.45) is 5.06. The second-order valence-electron chi connectivity index (χ2n) is 5.76. The molecule has 0 radical (unpaired) electrons. The van der Waals surface area contributed by atoms with E-state index in [4.69, 9.17) is 6.42 Å². The van der Waals surface area contributed by atoms with Crippen molar-refractivity contribution in [3.63, 3.8) is 0 Å². The van der Waals surface area contributed by atoms with E-state index in [0.29, 0.717) is 12.1 Å².